The number of nitrogens with two attached hydrogens (primary N) is 2. The highest BCUT2D eigenvalue weighted by Gasteiger charge is 2.15. The predicted octanol–water partition coefficient (Wildman–Crippen LogP) is 0.0841. The van der Waals surface area contributed by atoms with Gasteiger partial charge in [0.25, 0.3) is 5.56 Å². The Bertz CT molecular complexity index is 1410. The molecule has 2 aromatic heterocycles. The number of ketones is 1. The molecule has 0 fully saturated rings. The molecule has 2 aromatic carbocycles. The molecule has 0 atom stereocenters. The average molecular weight is 430 g/mol. The van der Waals surface area contributed by atoms with E-state index in [1.807, 2.05) is 0 Å². The van der Waals surface area contributed by atoms with E-state index in [1.54, 1.807) is 24.3 Å². The first-order valence-corrected chi connectivity index (χ1v) is 9.33. The third-order valence-corrected chi connectivity index (χ3v) is 4.61. The van der Waals surface area contributed by atoms with Crippen LogP contribution >= 0.6 is 0 Å². The molecule has 2 heterocycles. The standard InChI is InChI=1S/C21H17N7O4/c22-11-3-6-14(20(31)32)15(7-11)17(29)10-1-4-12(5-2-10)24-8-13-9-25-18-16(26-13)19(30)28-21(23)27-18/h1-7,9,24H,8,22H2,(H,31,32)(H3,23,25,27,28,30)/p-1. The maximum atomic E-state index is 12.8. The number of aromatic amines is 1. The van der Waals surface area contributed by atoms with Crippen LogP contribution in [0.15, 0.2) is 53.5 Å². The van der Waals surface area contributed by atoms with Crippen molar-refractivity contribution in [2.24, 2.45) is 0 Å². The highest BCUT2D eigenvalue weighted by Crippen LogP contribution is 2.19. The third-order valence-electron chi connectivity index (χ3n) is 4.61. The zero-order valence-electron chi connectivity index (χ0n) is 16.5. The molecular formula is C21H16N7O4-. The molecule has 0 radical (unpaired) electrons. The van der Waals surface area contributed by atoms with E-state index in [9.17, 15) is 19.5 Å². The molecule has 160 valence electrons. The van der Waals surface area contributed by atoms with Crippen molar-refractivity contribution < 1.29 is 14.7 Å². The van der Waals surface area contributed by atoms with Crippen LogP contribution in [-0.2, 0) is 6.54 Å². The first kappa shape index (κ1) is 20.5. The summed E-state index contributed by atoms with van der Waals surface area (Å²) >= 11 is 0. The predicted molar refractivity (Wildman–Crippen MR) is 115 cm³/mol. The second-order valence-electron chi connectivity index (χ2n) is 6.84. The Morgan fingerprint density at radius 3 is 2.50 bits per heavy atom. The molecule has 0 saturated heterocycles. The maximum Gasteiger partial charge on any atom is 0.280 e. The highest BCUT2D eigenvalue weighted by atomic mass is 16.4. The Balaban J connectivity index is 1.51. The van der Waals surface area contributed by atoms with Crippen molar-refractivity contribution in [2.75, 3.05) is 16.8 Å². The van der Waals surface area contributed by atoms with E-state index >= 15 is 0 Å². The number of anilines is 3. The summed E-state index contributed by atoms with van der Waals surface area (Å²) in [6.45, 7) is 0.254. The van der Waals surface area contributed by atoms with Gasteiger partial charge in [-0.25, -0.2) is 9.97 Å². The molecule has 0 aliphatic heterocycles. The minimum absolute atomic E-state index is 0.0396. The van der Waals surface area contributed by atoms with Crippen LogP contribution in [-0.4, -0.2) is 31.7 Å². The lowest BCUT2D eigenvalue weighted by Gasteiger charge is -2.11. The third kappa shape index (κ3) is 4.07. The topological polar surface area (TPSA) is 193 Å². The normalized spacial score (nSPS) is 10.8. The van der Waals surface area contributed by atoms with Crippen LogP contribution < -0.4 is 27.4 Å². The smallest absolute Gasteiger partial charge is 0.280 e. The number of nitrogens with zero attached hydrogens (tertiary/aromatic N) is 3. The average Bonchev–Trinajstić information content (AvgIpc) is 2.77. The number of carboxylic acids is 1. The van der Waals surface area contributed by atoms with E-state index in [0.29, 0.717) is 11.4 Å². The molecule has 4 rings (SSSR count). The van der Waals surface area contributed by atoms with Crippen LogP contribution in [0.4, 0.5) is 17.3 Å². The molecule has 0 saturated carbocycles. The number of H-pyrrole nitrogens is 1. The molecule has 32 heavy (non-hydrogen) atoms. The lowest BCUT2D eigenvalue weighted by Crippen LogP contribution is -2.25. The summed E-state index contributed by atoms with van der Waals surface area (Å²) in [6.07, 6.45) is 1.47. The van der Waals surface area contributed by atoms with Crippen LogP contribution in [0.5, 0.6) is 0 Å². The molecule has 6 N–H and O–H groups in total. The van der Waals surface area contributed by atoms with Gasteiger partial charge < -0.3 is 26.7 Å². The monoisotopic (exact) mass is 430 g/mol. The van der Waals surface area contributed by atoms with E-state index in [2.05, 4.69) is 25.3 Å². The van der Waals surface area contributed by atoms with Gasteiger partial charge in [0.05, 0.1) is 24.4 Å². The summed E-state index contributed by atoms with van der Waals surface area (Å²) < 4.78 is 0. The van der Waals surface area contributed by atoms with Gasteiger partial charge in [-0.2, -0.15) is 4.98 Å². The summed E-state index contributed by atoms with van der Waals surface area (Å²) in [7, 11) is 0. The van der Waals surface area contributed by atoms with Gasteiger partial charge in [-0.1, -0.05) is 6.07 Å². The van der Waals surface area contributed by atoms with Crippen LogP contribution in [0, 0.1) is 0 Å². The number of carbonyl (C=O) groups excluding carboxylic acids is 2. The van der Waals surface area contributed by atoms with E-state index in [0.717, 1.165) is 0 Å². The molecule has 0 aliphatic carbocycles. The number of nitrogens with one attached hydrogen (secondary N) is 2. The Kier molecular flexibility index (Phi) is 5.21. The van der Waals surface area contributed by atoms with Gasteiger partial charge in [0.2, 0.25) is 5.95 Å². The van der Waals surface area contributed by atoms with Crippen molar-refractivity contribution >= 4 is 40.2 Å². The van der Waals surface area contributed by atoms with Crippen molar-refractivity contribution in [3.8, 4) is 0 Å². The maximum absolute atomic E-state index is 12.8. The van der Waals surface area contributed by atoms with E-state index in [1.165, 1.54) is 24.4 Å². The van der Waals surface area contributed by atoms with Gasteiger partial charge in [0, 0.05) is 28.1 Å². The molecular weight excluding hydrogens is 414 g/mol. The van der Waals surface area contributed by atoms with Crippen molar-refractivity contribution in [1.82, 2.24) is 19.9 Å². The number of rotatable bonds is 6. The molecule has 0 spiro atoms. The fourth-order valence-electron chi connectivity index (χ4n) is 3.07. The minimum atomic E-state index is -1.46. The lowest BCUT2D eigenvalue weighted by atomic mass is 9.97. The second kappa shape index (κ2) is 8.14. The number of hydrogen-bond donors (Lipinski definition) is 4. The first-order valence-electron chi connectivity index (χ1n) is 9.33. The number of carboxylic acid groups (broad SMARTS) is 1. The van der Waals surface area contributed by atoms with Gasteiger partial charge >= 0.3 is 0 Å². The quantitative estimate of drug-likeness (QED) is 0.240. The van der Waals surface area contributed by atoms with Crippen LogP contribution in [0.1, 0.15) is 32.0 Å². The van der Waals surface area contributed by atoms with Gasteiger partial charge in [0.1, 0.15) is 0 Å². The molecule has 11 nitrogen and oxygen atoms in total. The van der Waals surface area contributed by atoms with Crippen molar-refractivity contribution in [1.29, 1.82) is 0 Å². The molecule has 4 aromatic rings. The Morgan fingerprint density at radius 1 is 1.03 bits per heavy atom. The van der Waals surface area contributed by atoms with E-state index in [-0.39, 0.29) is 46.0 Å². The Hall–Kier alpha value is -4.80. The summed E-state index contributed by atoms with van der Waals surface area (Å²) in [6, 6.07) is 10.4. The van der Waals surface area contributed by atoms with E-state index in [4.69, 9.17) is 11.5 Å². The van der Waals surface area contributed by atoms with Crippen LogP contribution in [0.3, 0.4) is 0 Å². The fourth-order valence-corrected chi connectivity index (χ4v) is 3.07. The number of aromatic carboxylic acids is 1. The van der Waals surface area contributed by atoms with E-state index < -0.39 is 17.3 Å². The van der Waals surface area contributed by atoms with Crippen molar-refractivity contribution in [2.45, 2.75) is 6.54 Å². The highest BCUT2D eigenvalue weighted by molar-refractivity contribution is 6.14. The summed E-state index contributed by atoms with van der Waals surface area (Å²) in [5.74, 6) is -1.99. The van der Waals surface area contributed by atoms with Crippen LogP contribution in [0.25, 0.3) is 11.2 Å². The number of fused-ring (bicyclic) bond motifs is 1. The molecule has 0 amide bonds. The number of carbonyl (C=O) groups is 2. The van der Waals surface area contributed by atoms with Crippen LogP contribution in [0.2, 0.25) is 0 Å². The number of aromatic nitrogens is 4. The minimum Gasteiger partial charge on any atom is -0.545 e. The molecule has 11 heteroatoms. The SMILES string of the molecule is Nc1ccc(C(=O)[O-])c(C(=O)c2ccc(NCc3cnc4nc(N)[nH]c(=O)c4n3)cc2)c1. The second-order valence-corrected chi connectivity index (χ2v) is 6.84. The molecule has 0 bridgehead atoms. The largest absolute Gasteiger partial charge is 0.545 e. The molecule has 0 unspecified atom stereocenters. The van der Waals surface area contributed by atoms with Crippen molar-refractivity contribution in [3.05, 3.63) is 81.4 Å². The lowest BCUT2D eigenvalue weighted by molar-refractivity contribution is -0.255. The van der Waals surface area contributed by atoms with Gasteiger partial charge in [-0.3, -0.25) is 14.6 Å². The number of hydrogen-bond acceptors (Lipinski definition) is 10. The summed E-state index contributed by atoms with van der Waals surface area (Å²) in [5.41, 5.74) is 12.4. The number of nitrogen functional groups attached to an aromatic ring is 2. The van der Waals surface area contributed by atoms with Crippen molar-refractivity contribution in [3.63, 3.8) is 0 Å². The summed E-state index contributed by atoms with van der Waals surface area (Å²) in [5, 5.41) is 14.4. The molecule has 0 aliphatic rings. The first-order chi connectivity index (χ1) is 15.3. The number of benzene rings is 2. The van der Waals surface area contributed by atoms with Gasteiger partial charge in [-0.15, -0.1) is 0 Å². The Morgan fingerprint density at radius 2 is 1.78 bits per heavy atom. The summed E-state index contributed by atoms with van der Waals surface area (Å²) in [4.78, 5) is 50.6. The zero-order valence-corrected chi connectivity index (χ0v) is 16.5. The van der Waals surface area contributed by atoms with Gasteiger partial charge in [-0.05, 0) is 36.4 Å². The zero-order chi connectivity index (χ0) is 22.8. The Labute approximate surface area is 180 Å². The fraction of sp³-hybridized carbons (Fsp3) is 0.0476. The van der Waals surface area contributed by atoms with Gasteiger partial charge in [0.15, 0.2) is 16.9 Å².